The molecule has 2 heteroatoms. The van der Waals surface area contributed by atoms with Crippen LogP contribution in [0.5, 0.6) is 0 Å². The van der Waals surface area contributed by atoms with Crippen LogP contribution in [0.3, 0.4) is 0 Å². The van der Waals surface area contributed by atoms with Gasteiger partial charge in [0.15, 0.2) is 0 Å². The second kappa shape index (κ2) is 10.1. The topological polar surface area (TPSA) is 0 Å². The number of fused-ring (bicyclic) bond motifs is 2. The second-order valence-corrected chi connectivity index (χ2v) is 18.4. The zero-order chi connectivity index (χ0) is 26.4. The van der Waals surface area contributed by atoms with Crippen molar-refractivity contribution in [1.29, 1.82) is 0 Å². The lowest BCUT2D eigenvalue weighted by molar-refractivity contribution is 0.691. The van der Waals surface area contributed by atoms with Gasteiger partial charge in [0.25, 0.3) is 0 Å². The first-order valence-electron chi connectivity index (χ1n) is 13.4. The van der Waals surface area contributed by atoms with Crippen molar-refractivity contribution in [3.05, 3.63) is 114 Å². The summed E-state index contributed by atoms with van der Waals surface area (Å²) in [6, 6.07) is 31.6. The Morgan fingerprint density at radius 2 is 1.05 bits per heavy atom. The van der Waals surface area contributed by atoms with Crippen LogP contribution in [-0.4, -0.2) is 16.0 Å². The number of rotatable bonds is 5. The van der Waals surface area contributed by atoms with Crippen LogP contribution in [0.15, 0.2) is 108 Å². The van der Waals surface area contributed by atoms with Gasteiger partial charge in [0, 0.05) is 5.92 Å². The minimum atomic E-state index is -0.748. The fraction of sp³-hybridized carbons (Fsp3) is 0.286. The van der Waals surface area contributed by atoms with E-state index in [4.69, 9.17) is 0 Å². The highest BCUT2D eigenvalue weighted by molar-refractivity contribution is 7.78. The van der Waals surface area contributed by atoms with Crippen molar-refractivity contribution in [3.8, 4) is 0 Å². The molecule has 1 radical (unpaired) electrons. The van der Waals surface area contributed by atoms with Gasteiger partial charge in [-0.15, -0.1) is 0 Å². The molecule has 0 saturated carbocycles. The molecule has 0 amide bonds. The number of hydrogen-bond acceptors (Lipinski definition) is 0. The van der Waals surface area contributed by atoms with Crippen molar-refractivity contribution in [1.82, 2.24) is 0 Å². The van der Waals surface area contributed by atoms with Gasteiger partial charge in [-0.25, -0.2) is 0 Å². The Bertz CT molecular complexity index is 1370. The summed E-state index contributed by atoms with van der Waals surface area (Å²) in [7, 11) is -1.04. The molecule has 0 nitrogen and oxygen atoms in total. The molecule has 0 bridgehead atoms. The van der Waals surface area contributed by atoms with Gasteiger partial charge in [0.05, 0.1) is 0 Å². The summed E-state index contributed by atoms with van der Waals surface area (Å²) in [4.78, 5) is 0. The zero-order valence-electron chi connectivity index (χ0n) is 23.3. The molecule has 0 aliphatic heterocycles. The van der Waals surface area contributed by atoms with Crippen LogP contribution < -0.4 is 10.6 Å². The molecule has 0 N–H and O–H groups in total. The van der Waals surface area contributed by atoms with E-state index in [0.29, 0.717) is 5.66 Å². The van der Waals surface area contributed by atoms with Crippen LogP contribution in [-0.2, 0) is 0 Å². The summed E-state index contributed by atoms with van der Waals surface area (Å²) >= 11 is 0. The first kappa shape index (κ1) is 26.4. The smallest absolute Gasteiger partial charge is 0.0349 e. The Morgan fingerprint density at radius 1 is 0.595 bits per heavy atom. The molecule has 1 aliphatic carbocycles. The summed E-state index contributed by atoms with van der Waals surface area (Å²) in [5, 5.41) is 10.4. The van der Waals surface area contributed by atoms with E-state index >= 15 is 0 Å². The SMILES string of the molecule is C[C@H]([C]1C=CC=C1P(c1cccc2ccccc12)c1cccc2ccccc12)P(C(C)(C)C)C(C)(C)C. The largest absolute Gasteiger partial charge is 0.0915 e. The molecule has 0 saturated heterocycles. The predicted molar refractivity (Wildman–Crippen MR) is 170 cm³/mol. The maximum Gasteiger partial charge on any atom is 0.0349 e. The summed E-state index contributed by atoms with van der Waals surface area (Å²) in [6.07, 6.45) is 7.17. The van der Waals surface area contributed by atoms with Gasteiger partial charge in [-0.05, 0) is 61.4 Å². The third-order valence-corrected chi connectivity index (χ3v) is 13.9. The van der Waals surface area contributed by atoms with Crippen LogP contribution in [0.2, 0.25) is 0 Å². The zero-order valence-corrected chi connectivity index (χ0v) is 25.1. The van der Waals surface area contributed by atoms with Crippen LogP contribution >= 0.6 is 15.8 Å². The average molecular weight is 522 g/mol. The molecule has 1 atom stereocenters. The fourth-order valence-corrected chi connectivity index (χ4v) is 14.3. The third kappa shape index (κ3) is 5.09. The number of allylic oxidation sites excluding steroid dienone is 4. The van der Waals surface area contributed by atoms with E-state index in [2.05, 4.69) is 152 Å². The van der Waals surface area contributed by atoms with E-state index < -0.39 is 7.92 Å². The molecule has 5 rings (SSSR count). The summed E-state index contributed by atoms with van der Waals surface area (Å²) in [6.45, 7) is 17.2. The third-order valence-electron chi connectivity index (χ3n) is 7.36. The quantitative estimate of drug-likeness (QED) is 0.229. The molecule has 4 aromatic rings. The standard InChI is InChI=1S/C35H39P2/c1-25(37(34(2,3)4)35(5,6)7)28-21-14-24-31(28)36(32-22-12-17-26-15-8-10-19-29(26)32)33-23-13-18-27-16-9-11-20-30(27)33/h8-25H,1-7H3/t25-/m1/s1. The van der Waals surface area contributed by atoms with Crippen LogP contribution in [0.4, 0.5) is 0 Å². The normalized spacial score (nSPS) is 15.8. The van der Waals surface area contributed by atoms with Gasteiger partial charge >= 0.3 is 0 Å². The highest BCUT2D eigenvalue weighted by Gasteiger charge is 2.43. The van der Waals surface area contributed by atoms with Gasteiger partial charge in [0.1, 0.15) is 0 Å². The van der Waals surface area contributed by atoms with Crippen molar-refractivity contribution < 1.29 is 0 Å². The van der Waals surface area contributed by atoms with Gasteiger partial charge < -0.3 is 0 Å². The van der Waals surface area contributed by atoms with E-state index in [1.165, 1.54) is 37.5 Å². The molecule has 189 valence electrons. The van der Waals surface area contributed by atoms with Gasteiger partial charge in [0.2, 0.25) is 0 Å². The molecule has 0 fully saturated rings. The molecular weight excluding hydrogens is 482 g/mol. The van der Waals surface area contributed by atoms with E-state index in [1.807, 2.05) is 0 Å². The molecule has 0 heterocycles. The van der Waals surface area contributed by atoms with E-state index in [-0.39, 0.29) is 18.2 Å². The average Bonchev–Trinajstić information content (AvgIpc) is 3.32. The lowest BCUT2D eigenvalue weighted by Crippen LogP contribution is -2.33. The van der Waals surface area contributed by atoms with Crippen molar-refractivity contribution in [2.45, 2.75) is 64.4 Å². The monoisotopic (exact) mass is 521 g/mol. The van der Waals surface area contributed by atoms with Crippen LogP contribution in [0.25, 0.3) is 21.5 Å². The molecule has 1 aliphatic rings. The van der Waals surface area contributed by atoms with Crippen molar-refractivity contribution in [2.75, 3.05) is 0 Å². The van der Waals surface area contributed by atoms with Gasteiger partial charge in [-0.2, -0.15) is 0 Å². The Kier molecular flexibility index (Phi) is 7.22. The van der Waals surface area contributed by atoms with Gasteiger partial charge in [-0.3, -0.25) is 0 Å². The number of benzene rings is 4. The molecule has 0 aromatic heterocycles. The molecule has 0 spiro atoms. The lowest BCUT2D eigenvalue weighted by atomic mass is 10.1. The predicted octanol–water partition coefficient (Wildman–Crippen LogP) is 9.92. The highest BCUT2D eigenvalue weighted by atomic mass is 31.1. The minimum Gasteiger partial charge on any atom is -0.0915 e. The Labute approximate surface area is 226 Å². The summed E-state index contributed by atoms with van der Waals surface area (Å²) in [5.74, 6) is 1.54. The first-order valence-corrected chi connectivity index (χ1v) is 16.1. The van der Waals surface area contributed by atoms with Crippen molar-refractivity contribution >= 4 is 48.0 Å². The van der Waals surface area contributed by atoms with Crippen molar-refractivity contribution in [2.24, 2.45) is 0 Å². The minimum absolute atomic E-state index is 0.267. The van der Waals surface area contributed by atoms with E-state index in [9.17, 15) is 0 Å². The Hall–Kier alpha value is -2.26. The first-order chi connectivity index (χ1) is 17.6. The van der Waals surface area contributed by atoms with Crippen LogP contribution in [0, 0.1) is 5.92 Å². The van der Waals surface area contributed by atoms with Gasteiger partial charge in [-0.1, -0.05) is 160 Å². The lowest BCUT2D eigenvalue weighted by Gasteiger charge is -2.47. The fourth-order valence-electron chi connectivity index (χ4n) is 6.48. The summed E-state index contributed by atoms with van der Waals surface area (Å²) < 4.78 is 0. The molecular formula is C35H39P2. The maximum absolute atomic E-state index is 2.50. The summed E-state index contributed by atoms with van der Waals surface area (Å²) in [5.41, 5.74) is 0.509. The van der Waals surface area contributed by atoms with E-state index in [0.717, 1.165) is 0 Å². The highest BCUT2D eigenvalue weighted by Crippen LogP contribution is 2.67. The van der Waals surface area contributed by atoms with E-state index in [1.54, 1.807) is 5.92 Å². The maximum atomic E-state index is 2.50. The Morgan fingerprint density at radius 3 is 1.54 bits per heavy atom. The molecule has 4 aromatic carbocycles. The van der Waals surface area contributed by atoms with Crippen LogP contribution in [0.1, 0.15) is 48.5 Å². The number of hydrogen-bond donors (Lipinski definition) is 0. The second-order valence-electron chi connectivity index (χ2n) is 12.1. The molecule has 37 heavy (non-hydrogen) atoms. The Balaban J connectivity index is 1.72. The van der Waals surface area contributed by atoms with Crippen molar-refractivity contribution in [3.63, 3.8) is 0 Å². The molecule has 0 unspecified atom stereocenters.